The van der Waals surface area contributed by atoms with Gasteiger partial charge in [0.2, 0.25) is 0 Å². The summed E-state index contributed by atoms with van der Waals surface area (Å²) in [6, 6.07) is 0.585. The number of allylic oxidation sites excluding steroid dienone is 1. The van der Waals surface area contributed by atoms with Crippen LogP contribution in [0.2, 0.25) is 0 Å². The molecule has 0 aliphatic rings. The minimum atomic E-state index is 0.585. The topological polar surface area (TPSA) is 12.0 Å². The van der Waals surface area contributed by atoms with Gasteiger partial charge in [0.25, 0.3) is 0 Å². The summed E-state index contributed by atoms with van der Waals surface area (Å²) in [5.41, 5.74) is 1.41. The van der Waals surface area contributed by atoms with Crippen molar-refractivity contribution < 1.29 is 0 Å². The molecule has 0 aromatic carbocycles. The first-order chi connectivity index (χ1) is 6.70. The summed E-state index contributed by atoms with van der Waals surface area (Å²) >= 11 is 0. The van der Waals surface area contributed by atoms with E-state index in [4.69, 9.17) is 0 Å². The zero-order valence-corrected chi connectivity index (χ0v) is 10.4. The van der Waals surface area contributed by atoms with E-state index < -0.39 is 0 Å². The lowest BCUT2D eigenvalue weighted by Gasteiger charge is -2.12. The van der Waals surface area contributed by atoms with Gasteiger partial charge in [-0.15, -0.1) is 0 Å². The molecule has 84 valence electrons. The molecule has 14 heavy (non-hydrogen) atoms. The van der Waals surface area contributed by atoms with E-state index in [9.17, 15) is 0 Å². The zero-order chi connectivity index (χ0) is 10.8. The Kier molecular flexibility index (Phi) is 9.06. The van der Waals surface area contributed by atoms with Gasteiger partial charge in [-0.1, -0.05) is 50.7 Å². The molecule has 1 atom stereocenters. The predicted octanol–water partition coefficient (Wildman–Crippen LogP) is 3.90. The van der Waals surface area contributed by atoms with Gasteiger partial charge in [-0.2, -0.15) is 0 Å². The van der Waals surface area contributed by atoms with E-state index in [-0.39, 0.29) is 0 Å². The molecular formula is C13H27N. The predicted molar refractivity (Wildman–Crippen MR) is 65.7 cm³/mol. The second kappa shape index (κ2) is 9.26. The minimum absolute atomic E-state index is 0.585. The monoisotopic (exact) mass is 197 g/mol. The summed E-state index contributed by atoms with van der Waals surface area (Å²) in [6.45, 7) is 6.60. The first-order valence-corrected chi connectivity index (χ1v) is 6.03. The fourth-order valence-corrected chi connectivity index (χ4v) is 1.68. The Morgan fingerprint density at radius 3 is 2.29 bits per heavy atom. The van der Waals surface area contributed by atoms with Crippen LogP contribution in [0.1, 0.15) is 59.3 Å². The van der Waals surface area contributed by atoms with E-state index in [1.54, 1.807) is 0 Å². The molecule has 0 heterocycles. The van der Waals surface area contributed by atoms with Gasteiger partial charge in [-0.05, 0) is 27.3 Å². The maximum absolute atomic E-state index is 3.35. The van der Waals surface area contributed by atoms with E-state index in [1.807, 2.05) is 0 Å². The number of likely N-dealkylation sites (N-methyl/N-ethyl adjacent to an activating group) is 1. The van der Waals surface area contributed by atoms with Gasteiger partial charge in [-0.3, -0.25) is 0 Å². The highest BCUT2D eigenvalue weighted by Gasteiger charge is 2.00. The van der Waals surface area contributed by atoms with Gasteiger partial charge in [0.15, 0.2) is 0 Å². The Hall–Kier alpha value is -0.300. The van der Waals surface area contributed by atoms with Gasteiger partial charge in [0.1, 0.15) is 0 Å². The highest BCUT2D eigenvalue weighted by Crippen LogP contribution is 2.08. The van der Waals surface area contributed by atoms with Gasteiger partial charge in [0, 0.05) is 6.04 Å². The Labute approximate surface area is 90.0 Å². The van der Waals surface area contributed by atoms with Gasteiger partial charge in [0.05, 0.1) is 0 Å². The quantitative estimate of drug-likeness (QED) is 0.459. The molecule has 1 N–H and O–H groups in total. The van der Waals surface area contributed by atoms with Crippen LogP contribution in [0.3, 0.4) is 0 Å². The van der Waals surface area contributed by atoms with Crippen LogP contribution in [-0.2, 0) is 0 Å². The third-order valence-electron chi connectivity index (χ3n) is 2.52. The van der Waals surface area contributed by atoms with Crippen molar-refractivity contribution in [2.24, 2.45) is 0 Å². The molecule has 0 amide bonds. The van der Waals surface area contributed by atoms with E-state index >= 15 is 0 Å². The third-order valence-corrected chi connectivity index (χ3v) is 2.52. The number of hydrogen-bond donors (Lipinski definition) is 1. The van der Waals surface area contributed by atoms with Gasteiger partial charge >= 0.3 is 0 Å². The molecule has 0 spiro atoms. The van der Waals surface area contributed by atoms with Crippen LogP contribution in [0.4, 0.5) is 0 Å². The van der Waals surface area contributed by atoms with E-state index in [0.717, 1.165) is 0 Å². The van der Waals surface area contributed by atoms with Crippen LogP contribution in [0.15, 0.2) is 11.6 Å². The van der Waals surface area contributed by atoms with Crippen LogP contribution >= 0.6 is 0 Å². The molecule has 0 saturated heterocycles. The van der Waals surface area contributed by atoms with Crippen LogP contribution in [0.25, 0.3) is 0 Å². The summed E-state index contributed by atoms with van der Waals surface area (Å²) in [4.78, 5) is 0. The molecule has 0 fully saturated rings. The van der Waals surface area contributed by atoms with Crippen molar-refractivity contribution in [3.8, 4) is 0 Å². The van der Waals surface area contributed by atoms with Crippen molar-refractivity contribution in [3.63, 3.8) is 0 Å². The molecule has 0 bridgehead atoms. The Morgan fingerprint density at radius 1 is 1.14 bits per heavy atom. The number of rotatable bonds is 8. The first-order valence-electron chi connectivity index (χ1n) is 6.03. The van der Waals surface area contributed by atoms with Crippen LogP contribution in [0, 0.1) is 0 Å². The summed E-state index contributed by atoms with van der Waals surface area (Å²) in [5, 5.41) is 3.35. The molecular weight excluding hydrogens is 170 g/mol. The maximum Gasteiger partial charge on any atom is 0.0249 e. The Morgan fingerprint density at radius 2 is 1.79 bits per heavy atom. The van der Waals surface area contributed by atoms with Crippen molar-refractivity contribution in [2.75, 3.05) is 7.05 Å². The van der Waals surface area contributed by atoms with Crippen molar-refractivity contribution in [1.29, 1.82) is 0 Å². The molecule has 1 unspecified atom stereocenters. The summed E-state index contributed by atoms with van der Waals surface area (Å²) in [5.74, 6) is 0. The highest BCUT2D eigenvalue weighted by atomic mass is 14.9. The lowest BCUT2D eigenvalue weighted by atomic mass is 10.0. The highest BCUT2D eigenvalue weighted by molar-refractivity contribution is 5.00. The molecule has 1 heteroatoms. The number of nitrogens with one attached hydrogen (secondary N) is 1. The smallest absolute Gasteiger partial charge is 0.0249 e. The van der Waals surface area contributed by atoms with E-state index in [0.29, 0.717) is 6.04 Å². The third kappa shape index (κ3) is 8.31. The van der Waals surface area contributed by atoms with E-state index in [2.05, 4.69) is 39.2 Å². The fourth-order valence-electron chi connectivity index (χ4n) is 1.68. The van der Waals surface area contributed by atoms with Gasteiger partial charge in [-0.25, -0.2) is 0 Å². The molecule has 0 saturated carbocycles. The van der Waals surface area contributed by atoms with Crippen LogP contribution < -0.4 is 5.32 Å². The van der Waals surface area contributed by atoms with Crippen molar-refractivity contribution in [3.05, 3.63) is 11.6 Å². The Bertz CT molecular complexity index is 145. The molecule has 0 aromatic rings. The van der Waals surface area contributed by atoms with E-state index in [1.165, 1.54) is 44.1 Å². The summed E-state index contributed by atoms with van der Waals surface area (Å²) in [7, 11) is 2.05. The first kappa shape index (κ1) is 13.7. The molecule has 0 aromatic heterocycles. The number of unbranched alkanes of at least 4 members (excludes halogenated alkanes) is 4. The lowest BCUT2D eigenvalue weighted by Crippen LogP contribution is -2.22. The Balaban J connectivity index is 3.48. The maximum atomic E-state index is 3.35. The average molecular weight is 197 g/mol. The van der Waals surface area contributed by atoms with Crippen molar-refractivity contribution >= 4 is 0 Å². The van der Waals surface area contributed by atoms with Crippen molar-refractivity contribution in [1.82, 2.24) is 5.32 Å². The molecule has 0 rings (SSSR count). The van der Waals surface area contributed by atoms with Crippen LogP contribution in [-0.4, -0.2) is 13.1 Å². The summed E-state index contributed by atoms with van der Waals surface area (Å²) < 4.78 is 0. The normalized spacial score (nSPS) is 12.6. The fraction of sp³-hybridized carbons (Fsp3) is 0.846. The lowest BCUT2D eigenvalue weighted by molar-refractivity contribution is 0.541. The largest absolute Gasteiger partial charge is 0.314 e. The SMILES string of the molecule is CCCCCCCC(C=C(C)C)NC. The zero-order valence-electron chi connectivity index (χ0n) is 10.4. The second-order valence-corrected chi connectivity index (χ2v) is 4.34. The molecule has 0 radical (unpaired) electrons. The average Bonchev–Trinajstić information content (AvgIpc) is 2.15. The molecule has 1 nitrogen and oxygen atoms in total. The van der Waals surface area contributed by atoms with Crippen molar-refractivity contribution in [2.45, 2.75) is 65.3 Å². The molecule has 0 aliphatic carbocycles. The van der Waals surface area contributed by atoms with Crippen LogP contribution in [0.5, 0.6) is 0 Å². The van der Waals surface area contributed by atoms with Gasteiger partial charge < -0.3 is 5.32 Å². The minimum Gasteiger partial charge on any atom is -0.314 e. The summed E-state index contributed by atoms with van der Waals surface area (Å²) in [6.07, 6.45) is 10.5. The number of hydrogen-bond acceptors (Lipinski definition) is 1. The standard InChI is InChI=1S/C13H27N/c1-5-6-7-8-9-10-13(14-4)11-12(2)3/h11,13-14H,5-10H2,1-4H3. The second-order valence-electron chi connectivity index (χ2n) is 4.34. The molecule has 0 aliphatic heterocycles.